The summed E-state index contributed by atoms with van der Waals surface area (Å²) in [5.74, 6) is 0. The predicted molar refractivity (Wildman–Crippen MR) is 68.6 cm³/mol. The summed E-state index contributed by atoms with van der Waals surface area (Å²) in [7, 11) is 0. The standard InChI is InChI=1S/C12H22O11/c13-1-3-6(16)8(18)10(11(20)21-3)23-12-9(19)7(17)5(15)4(2-14)22-12/h3-20H,1-2H2/t3-,4-,5+,6+,7?,8?,9?,10?,11-,12+/m0/s1. The zero-order valence-corrected chi connectivity index (χ0v) is 12.0. The number of hydrogen-bond donors (Lipinski definition) is 8. The maximum absolute atomic E-state index is 9.94. The van der Waals surface area contributed by atoms with Crippen LogP contribution in [0.15, 0.2) is 0 Å². The van der Waals surface area contributed by atoms with Crippen LogP contribution in [-0.2, 0) is 14.2 Å². The fourth-order valence-corrected chi connectivity index (χ4v) is 2.55. The maximum Gasteiger partial charge on any atom is 0.187 e. The zero-order chi connectivity index (χ0) is 17.3. The molecule has 2 fully saturated rings. The van der Waals surface area contributed by atoms with E-state index in [1.807, 2.05) is 0 Å². The fourth-order valence-electron chi connectivity index (χ4n) is 2.55. The van der Waals surface area contributed by atoms with Crippen LogP contribution in [-0.4, -0.2) is 115 Å². The molecule has 136 valence electrons. The van der Waals surface area contributed by atoms with Crippen LogP contribution >= 0.6 is 0 Å². The van der Waals surface area contributed by atoms with E-state index in [9.17, 15) is 30.6 Å². The van der Waals surface area contributed by atoms with Gasteiger partial charge in [-0.3, -0.25) is 0 Å². The van der Waals surface area contributed by atoms with Crippen molar-refractivity contribution in [3.8, 4) is 0 Å². The van der Waals surface area contributed by atoms with Crippen LogP contribution in [0.1, 0.15) is 0 Å². The van der Waals surface area contributed by atoms with Crippen LogP contribution in [0.5, 0.6) is 0 Å². The van der Waals surface area contributed by atoms with Crippen LogP contribution in [0, 0.1) is 0 Å². The molecular formula is C12H22O11. The average molecular weight is 342 g/mol. The van der Waals surface area contributed by atoms with E-state index in [-0.39, 0.29) is 0 Å². The molecule has 2 heterocycles. The second-order valence-electron chi connectivity index (χ2n) is 5.53. The summed E-state index contributed by atoms with van der Waals surface area (Å²) in [5, 5.41) is 76.7. The molecule has 0 bridgehead atoms. The predicted octanol–water partition coefficient (Wildman–Crippen LogP) is -5.40. The Labute approximate surface area is 130 Å². The van der Waals surface area contributed by atoms with Crippen LogP contribution in [0.2, 0.25) is 0 Å². The third kappa shape index (κ3) is 3.65. The van der Waals surface area contributed by atoms with Gasteiger partial charge in [0.1, 0.15) is 48.8 Å². The van der Waals surface area contributed by atoms with Gasteiger partial charge in [-0.15, -0.1) is 0 Å². The highest BCUT2D eigenvalue weighted by atomic mass is 16.7. The summed E-state index contributed by atoms with van der Waals surface area (Å²) in [6.07, 6.45) is -15.6. The van der Waals surface area contributed by atoms with Gasteiger partial charge in [-0.2, -0.15) is 0 Å². The van der Waals surface area contributed by atoms with Crippen molar-refractivity contribution in [2.45, 2.75) is 61.4 Å². The number of ether oxygens (including phenoxy) is 3. The molecule has 8 N–H and O–H groups in total. The van der Waals surface area contributed by atoms with E-state index >= 15 is 0 Å². The summed E-state index contributed by atoms with van der Waals surface area (Å²) >= 11 is 0. The summed E-state index contributed by atoms with van der Waals surface area (Å²) in [6, 6.07) is 0. The molecule has 11 nitrogen and oxygen atoms in total. The Kier molecular flexibility index (Phi) is 6.27. The lowest BCUT2D eigenvalue weighted by Gasteiger charge is -2.44. The molecular weight excluding hydrogens is 320 g/mol. The molecule has 2 saturated heterocycles. The van der Waals surface area contributed by atoms with E-state index in [1.54, 1.807) is 0 Å². The summed E-state index contributed by atoms with van der Waals surface area (Å²) in [4.78, 5) is 0. The minimum Gasteiger partial charge on any atom is -0.394 e. The second-order valence-corrected chi connectivity index (χ2v) is 5.53. The van der Waals surface area contributed by atoms with E-state index in [1.165, 1.54) is 0 Å². The third-order valence-electron chi connectivity index (χ3n) is 3.98. The third-order valence-corrected chi connectivity index (χ3v) is 3.98. The van der Waals surface area contributed by atoms with Crippen molar-refractivity contribution >= 4 is 0 Å². The highest BCUT2D eigenvalue weighted by Crippen LogP contribution is 2.28. The van der Waals surface area contributed by atoms with E-state index in [0.717, 1.165) is 0 Å². The molecule has 0 aromatic rings. The maximum atomic E-state index is 9.94. The monoisotopic (exact) mass is 342 g/mol. The van der Waals surface area contributed by atoms with Gasteiger partial charge in [0.15, 0.2) is 12.6 Å². The van der Waals surface area contributed by atoms with Gasteiger partial charge in [0.25, 0.3) is 0 Å². The molecule has 0 aliphatic carbocycles. The van der Waals surface area contributed by atoms with Gasteiger partial charge in [0.2, 0.25) is 0 Å². The molecule has 10 atom stereocenters. The lowest BCUT2D eigenvalue weighted by atomic mass is 9.97. The van der Waals surface area contributed by atoms with Crippen molar-refractivity contribution in [1.29, 1.82) is 0 Å². The zero-order valence-electron chi connectivity index (χ0n) is 12.0. The SMILES string of the molecule is OC[C@@H]1O[C@H](OC2C(O)[C@H](O)[C@H](CO)O[C@@H]2O)C(O)C(O)[C@@H]1O. The molecule has 2 rings (SSSR count). The largest absolute Gasteiger partial charge is 0.394 e. The Balaban J connectivity index is 2.08. The van der Waals surface area contributed by atoms with E-state index in [0.29, 0.717) is 0 Å². The molecule has 2 aliphatic heterocycles. The van der Waals surface area contributed by atoms with Crippen LogP contribution in [0.4, 0.5) is 0 Å². The highest BCUT2D eigenvalue weighted by molar-refractivity contribution is 4.93. The van der Waals surface area contributed by atoms with Gasteiger partial charge in [-0.05, 0) is 0 Å². The first-order valence-electron chi connectivity index (χ1n) is 7.08. The minimum atomic E-state index is -1.75. The Morgan fingerprint density at radius 3 is 1.74 bits per heavy atom. The Bertz CT molecular complexity index is 380. The van der Waals surface area contributed by atoms with Crippen molar-refractivity contribution in [3.05, 3.63) is 0 Å². The van der Waals surface area contributed by atoms with E-state index in [2.05, 4.69) is 0 Å². The molecule has 23 heavy (non-hydrogen) atoms. The van der Waals surface area contributed by atoms with Crippen molar-refractivity contribution in [2.24, 2.45) is 0 Å². The van der Waals surface area contributed by atoms with Crippen molar-refractivity contribution < 1.29 is 55.1 Å². The van der Waals surface area contributed by atoms with Gasteiger partial charge in [0, 0.05) is 0 Å². The van der Waals surface area contributed by atoms with Crippen LogP contribution in [0.25, 0.3) is 0 Å². The number of hydrogen-bond acceptors (Lipinski definition) is 11. The van der Waals surface area contributed by atoms with Gasteiger partial charge < -0.3 is 55.1 Å². The Morgan fingerprint density at radius 1 is 0.652 bits per heavy atom. The molecule has 11 heteroatoms. The number of rotatable bonds is 4. The second kappa shape index (κ2) is 7.63. The molecule has 0 aromatic heterocycles. The van der Waals surface area contributed by atoms with Gasteiger partial charge >= 0.3 is 0 Å². The first kappa shape index (κ1) is 18.9. The minimum absolute atomic E-state index is 0.651. The Morgan fingerprint density at radius 2 is 1.17 bits per heavy atom. The topological polar surface area (TPSA) is 190 Å². The van der Waals surface area contributed by atoms with Crippen molar-refractivity contribution in [1.82, 2.24) is 0 Å². The first-order chi connectivity index (χ1) is 10.8. The summed E-state index contributed by atoms with van der Waals surface area (Å²) < 4.78 is 15.1. The van der Waals surface area contributed by atoms with Crippen LogP contribution < -0.4 is 0 Å². The summed E-state index contributed by atoms with van der Waals surface area (Å²) in [5.41, 5.74) is 0. The number of aliphatic hydroxyl groups is 8. The molecule has 0 amide bonds. The first-order valence-corrected chi connectivity index (χ1v) is 7.08. The molecule has 0 saturated carbocycles. The lowest BCUT2D eigenvalue weighted by molar-refractivity contribution is -0.361. The van der Waals surface area contributed by atoms with Crippen molar-refractivity contribution in [3.63, 3.8) is 0 Å². The smallest absolute Gasteiger partial charge is 0.187 e. The quantitative estimate of drug-likeness (QED) is 0.243. The van der Waals surface area contributed by atoms with Crippen LogP contribution in [0.3, 0.4) is 0 Å². The Hall–Kier alpha value is -0.440. The molecule has 4 unspecified atom stereocenters. The van der Waals surface area contributed by atoms with E-state index in [4.69, 9.17) is 24.4 Å². The lowest BCUT2D eigenvalue weighted by Crippen LogP contribution is -2.64. The highest BCUT2D eigenvalue weighted by Gasteiger charge is 2.50. The normalized spacial score (nSPS) is 51.7. The fraction of sp³-hybridized carbons (Fsp3) is 1.00. The van der Waals surface area contributed by atoms with Crippen molar-refractivity contribution in [2.75, 3.05) is 13.2 Å². The average Bonchev–Trinajstić information content (AvgIpc) is 2.54. The molecule has 2 aliphatic rings. The number of aliphatic hydroxyl groups excluding tert-OH is 8. The molecule has 0 radical (unpaired) electrons. The van der Waals surface area contributed by atoms with Gasteiger partial charge in [0.05, 0.1) is 13.2 Å². The van der Waals surface area contributed by atoms with Gasteiger partial charge in [-0.25, -0.2) is 0 Å². The van der Waals surface area contributed by atoms with Gasteiger partial charge in [-0.1, -0.05) is 0 Å². The summed E-state index contributed by atoms with van der Waals surface area (Å²) in [6.45, 7) is -1.33. The molecule has 0 aromatic carbocycles. The molecule has 0 spiro atoms. The van der Waals surface area contributed by atoms with E-state index < -0.39 is 74.6 Å².